The van der Waals surface area contributed by atoms with Gasteiger partial charge in [0.1, 0.15) is 6.54 Å². The van der Waals surface area contributed by atoms with Crippen molar-refractivity contribution in [1.29, 1.82) is 0 Å². The van der Waals surface area contributed by atoms with Gasteiger partial charge in [0.2, 0.25) is 5.91 Å². The van der Waals surface area contributed by atoms with E-state index in [1.165, 1.54) is 30.5 Å². The largest absolute Gasteiger partial charge is 0.383 e. The van der Waals surface area contributed by atoms with Crippen LogP contribution in [0.4, 0.5) is 0 Å². The molecule has 0 saturated heterocycles. The molecule has 1 aromatic rings. The van der Waals surface area contributed by atoms with Gasteiger partial charge in [0.15, 0.2) is 0 Å². The van der Waals surface area contributed by atoms with E-state index < -0.39 is 0 Å². The van der Waals surface area contributed by atoms with Crippen molar-refractivity contribution in [3.8, 4) is 0 Å². The van der Waals surface area contributed by atoms with Gasteiger partial charge in [-0.15, -0.1) is 0 Å². The molecule has 100 valence electrons. The zero-order chi connectivity index (χ0) is 12.8. The molecule has 0 spiro atoms. The molecule has 5 nitrogen and oxygen atoms in total. The monoisotopic (exact) mass is 251 g/mol. The van der Waals surface area contributed by atoms with Crippen LogP contribution in [0, 0.1) is 0 Å². The van der Waals surface area contributed by atoms with Crippen molar-refractivity contribution in [2.45, 2.75) is 38.6 Å². The SMILES string of the molecule is COCCNC(=O)Cn1cc2c(n1)CCCCC2. The van der Waals surface area contributed by atoms with E-state index in [4.69, 9.17) is 4.74 Å². The number of carbonyl (C=O) groups is 1. The van der Waals surface area contributed by atoms with Gasteiger partial charge in [0.05, 0.1) is 12.3 Å². The normalized spacial score (nSPS) is 14.9. The summed E-state index contributed by atoms with van der Waals surface area (Å²) in [5.74, 6) is -0.00953. The van der Waals surface area contributed by atoms with Crippen LogP contribution in [0.3, 0.4) is 0 Å². The van der Waals surface area contributed by atoms with Crippen LogP contribution in [0.15, 0.2) is 6.20 Å². The standard InChI is InChI=1S/C13H21N3O2/c1-18-8-7-14-13(17)10-16-9-11-5-3-2-4-6-12(11)15-16/h9H,2-8,10H2,1H3,(H,14,17). The molecule has 5 heteroatoms. The average Bonchev–Trinajstić information content (AvgIpc) is 2.59. The molecule has 0 aromatic carbocycles. The Morgan fingerprint density at radius 1 is 1.44 bits per heavy atom. The highest BCUT2D eigenvalue weighted by Gasteiger charge is 2.13. The lowest BCUT2D eigenvalue weighted by Gasteiger charge is -2.04. The number of rotatable bonds is 5. The van der Waals surface area contributed by atoms with Gasteiger partial charge in [-0.05, 0) is 31.2 Å². The zero-order valence-electron chi connectivity index (χ0n) is 10.9. The fourth-order valence-electron chi connectivity index (χ4n) is 2.28. The molecule has 0 bridgehead atoms. The number of nitrogens with zero attached hydrogens (tertiary/aromatic N) is 2. The van der Waals surface area contributed by atoms with Gasteiger partial charge in [-0.3, -0.25) is 9.48 Å². The number of carbonyl (C=O) groups excluding carboxylic acids is 1. The highest BCUT2D eigenvalue weighted by molar-refractivity contribution is 5.75. The van der Waals surface area contributed by atoms with E-state index in [-0.39, 0.29) is 5.91 Å². The predicted molar refractivity (Wildman–Crippen MR) is 68.4 cm³/mol. The first-order valence-corrected chi connectivity index (χ1v) is 6.60. The molecule has 1 aliphatic rings. The molecule has 18 heavy (non-hydrogen) atoms. The summed E-state index contributed by atoms with van der Waals surface area (Å²) in [6, 6.07) is 0. The van der Waals surface area contributed by atoms with Gasteiger partial charge in [-0.25, -0.2) is 0 Å². The molecular formula is C13H21N3O2. The number of methoxy groups -OCH3 is 1. The van der Waals surface area contributed by atoms with Gasteiger partial charge >= 0.3 is 0 Å². The lowest BCUT2D eigenvalue weighted by atomic mass is 10.1. The summed E-state index contributed by atoms with van der Waals surface area (Å²) in [7, 11) is 1.62. The van der Waals surface area contributed by atoms with Crippen molar-refractivity contribution in [2.24, 2.45) is 0 Å². The Bertz CT molecular complexity index is 377. The Hall–Kier alpha value is -1.36. The Balaban J connectivity index is 1.88. The molecule has 0 saturated carbocycles. The van der Waals surface area contributed by atoms with Crippen molar-refractivity contribution in [3.63, 3.8) is 0 Å². The number of amides is 1. The van der Waals surface area contributed by atoms with Crippen molar-refractivity contribution in [2.75, 3.05) is 20.3 Å². The molecule has 0 aliphatic heterocycles. The van der Waals surface area contributed by atoms with E-state index >= 15 is 0 Å². The minimum Gasteiger partial charge on any atom is -0.383 e. The highest BCUT2D eigenvalue weighted by Crippen LogP contribution is 2.18. The summed E-state index contributed by atoms with van der Waals surface area (Å²) in [5, 5.41) is 7.30. The number of ether oxygens (including phenoxy) is 1. The van der Waals surface area contributed by atoms with Crippen LogP contribution in [0.1, 0.15) is 30.5 Å². The third-order valence-corrected chi connectivity index (χ3v) is 3.22. The van der Waals surface area contributed by atoms with Crippen LogP contribution < -0.4 is 5.32 Å². The molecule has 0 atom stereocenters. The summed E-state index contributed by atoms with van der Waals surface area (Å²) in [5.41, 5.74) is 2.49. The van der Waals surface area contributed by atoms with Crippen LogP contribution >= 0.6 is 0 Å². The second kappa shape index (κ2) is 6.54. The maximum Gasteiger partial charge on any atom is 0.241 e. The summed E-state index contributed by atoms with van der Waals surface area (Å²) in [6.45, 7) is 1.40. The van der Waals surface area contributed by atoms with E-state index in [1.54, 1.807) is 11.8 Å². The molecule has 0 radical (unpaired) electrons. The quantitative estimate of drug-likeness (QED) is 0.625. The van der Waals surface area contributed by atoms with Crippen LogP contribution in [0.5, 0.6) is 0 Å². The van der Waals surface area contributed by atoms with Gasteiger partial charge in [-0.2, -0.15) is 5.10 Å². The second-order valence-corrected chi connectivity index (χ2v) is 4.70. The maximum absolute atomic E-state index is 11.6. The Morgan fingerprint density at radius 2 is 2.28 bits per heavy atom. The zero-order valence-corrected chi connectivity index (χ0v) is 10.9. The molecule has 0 fully saturated rings. The Labute approximate surface area is 108 Å². The number of aryl methyl sites for hydroxylation is 2. The third kappa shape index (κ3) is 3.57. The lowest BCUT2D eigenvalue weighted by Crippen LogP contribution is -2.30. The summed E-state index contributed by atoms with van der Waals surface area (Å²) >= 11 is 0. The van der Waals surface area contributed by atoms with Crippen molar-refractivity contribution >= 4 is 5.91 Å². The van der Waals surface area contributed by atoms with Gasteiger partial charge in [-0.1, -0.05) is 6.42 Å². The first kappa shape index (κ1) is 13.1. The fraction of sp³-hybridized carbons (Fsp3) is 0.692. The molecule has 1 N–H and O–H groups in total. The Kier molecular flexibility index (Phi) is 4.75. The highest BCUT2D eigenvalue weighted by atomic mass is 16.5. The minimum absolute atomic E-state index is 0.00953. The van der Waals surface area contributed by atoms with Gasteiger partial charge < -0.3 is 10.1 Å². The van der Waals surface area contributed by atoms with Gasteiger partial charge in [0, 0.05) is 19.9 Å². The molecule has 1 aromatic heterocycles. The average molecular weight is 251 g/mol. The Morgan fingerprint density at radius 3 is 3.11 bits per heavy atom. The van der Waals surface area contributed by atoms with E-state index in [1.807, 2.05) is 6.20 Å². The lowest BCUT2D eigenvalue weighted by molar-refractivity contribution is -0.122. The van der Waals surface area contributed by atoms with E-state index in [0.29, 0.717) is 19.7 Å². The van der Waals surface area contributed by atoms with E-state index in [9.17, 15) is 4.79 Å². The second-order valence-electron chi connectivity index (χ2n) is 4.70. The van der Waals surface area contributed by atoms with Crippen LogP contribution in [0.25, 0.3) is 0 Å². The number of fused-ring (bicyclic) bond motifs is 1. The van der Waals surface area contributed by atoms with Crippen LogP contribution in [0.2, 0.25) is 0 Å². The smallest absolute Gasteiger partial charge is 0.241 e. The van der Waals surface area contributed by atoms with Crippen LogP contribution in [-0.2, 0) is 28.9 Å². The number of nitrogens with one attached hydrogen (secondary N) is 1. The van der Waals surface area contributed by atoms with E-state index in [0.717, 1.165) is 12.8 Å². The fourth-order valence-corrected chi connectivity index (χ4v) is 2.28. The van der Waals surface area contributed by atoms with Gasteiger partial charge in [0.25, 0.3) is 0 Å². The first-order valence-electron chi connectivity index (χ1n) is 6.60. The van der Waals surface area contributed by atoms with Crippen LogP contribution in [-0.4, -0.2) is 35.9 Å². The molecule has 0 unspecified atom stereocenters. The maximum atomic E-state index is 11.6. The topological polar surface area (TPSA) is 56.1 Å². The molecule has 1 aliphatic carbocycles. The van der Waals surface area contributed by atoms with Crippen molar-refractivity contribution in [1.82, 2.24) is 15.1 Å². The summed E-state index contributed by atoms with van der Waals surface area (Å²) in [4.78, 5) is 11.6. The molecule has 1 amide bonds. The third-order valence-electron chi connectivity index (χ3n) is 3.22. The first-order chi connectivity index (χ1) is 8.79. The number of aromatic nitrogens is 2. The van der Waals surface area contributed by atoms with Crippen molar-refractivity contribution in [3.05, 3.63) is 17.5 Å². The molecule has 2 rings (SSSR count). The summed E-state index contributed by atoms with van der Waals surface area (Å²) < 4.78 is 6.65. The minimum atomic E-state index is -0.00953. The van der Waals surface area contributed by atoms with E-state index in [2.05, 4.69) is 10.4 Å². The van der Waals surface area contributed by atoms with Crippen molar-refractivity contribution < 1.29 is 9.53 Å². The number of hydrogen-bond donors (Lipinski definition) is 1. The summed E-state index contributed by atoms with van der Waals surface area (Å²) in [6.07, 6.45) is 7.90. The predicted octanol–water partition coefficient (Wildman–Crippen LogP) is 0.915. The number of hydrogen-bond acceptors (Lipinski definition) is 3. The molecule has 1 heterocycles. The molecular weight excluding hydrogens is 230 g/mol.